The van der Waals surface area contributed by atoms with Gasteiger partial charge in [-0.3, -0.25) is 20.3 Å². The van der Waals surface area contributed by atoms with Crippen LogP contribution in [0.1, 0.15) is 11.5 Å². The minimum Gasteiger partial charge on any atom is -0.469 e. The highest BCUT2D eigenvalue weighted by Gasteiger charge is 2.06. The molecule has 12 heteroatoms. The van der Waals surface area contributed by atoms with Crippen LogP contribution in [-0.2, 0) is 12.8 Å². The maximum Gasteiger partial charge on any atom is 0.218 e. The van der Waals surface area contributed by atoms with Gasteiger partial charge in [-0.15, -0.1) is 0 Å². The maximum atomic E-state index is 7.29. The fraction of sp³-hybridized carbons (Fsp3) is 0.294. The van der Waals surface area contributed by atoms with Gasteiger partial charge in [0.05, 0.1) is 12.0 Å². The zero-order chi connectivity index (χ0) is 21.2. The van der Waals surface area contributed by atoms with Crippen LogP contribution >= 0.6 is 0 Å². The Kier molecular flexibility index (Phi) is 7.65. The normalized spacial score (nSPS) is 12.8. The van der Waals surface area contributed by atoms with Crippen LogP contribution in [0.25, 0.3) is 0 Å². The third-order valence-electron chi connectivity index (χ3n) is 3.71. The first-order valence-electron chi connectivity index (χ1n) is 8.73. The lowest BCUT2D eigenvalue weighted by molar-refractivity contribution is 0.510. The number of nitrogens with two attached hydrogens (primary N) is 4. The second kappa shape index (κ2) is 10.4. The highest BCUT2D eigenvalue weighted by atomic mass is 16.3. The van der Waals surface area contributed by atoms with Gasteiger partial charge in [0, 0.05) is 39.0 Å². The van der Waals surface area contributed by atoms with Gasteiger partial charge in [-0.25, -0.2) is 0 Å². The molecular weight excluding hydrogens is 376 g/mol. The molecule has 0 aliphatic rings. The van der Waals surface area contributed by atoms with E-state index in [1.165, 1.54) is 11.2 Å². The summed E-state index contributed by atoms with van der Waals surface area (Å²) in [4.78, 5) is 13.5. The van der Waals surface area contributed by atoms with Crippen molar-refractivity contribution in [3.05, 3.63) is 42.2 Å². The molecule has 2 aromatic rings. The summed E-state index contributed by atoms with van der Waals surface area (Å²) in [7, 11) is 1.56. The molecule has 0 spiro atoms. The van der Waals surface area contributed by atoms with E-state index in [-0.39, 0.29) is 23.8 Å². The van der Waals surface area contributed by atoms with Crippen molar-refractivity contribution >= 4 is 29.5 Å². The Labute approximate surface area is 167 Å². The highest BCUT2D eigenvalue weighted by Crippen LogP contribution is 2.13. The minimum absolute atomic E-state index is 0.0599. The molecule has 2 aromatic heterocycles. The quantitative estimate of drug-likeness (QED) is 0.270. The lowest BCUT2D eigenvalue weighted by Gasteiger charge is -2.14. The zero-order valence-electron chi connectivity index (χ0n) is 16.1. The first kappa shape index (κ1) is 21.3. The average Bonchev–Trinajstić information content (AvgIpc) is 3.33. The fourth-order valence-corrected chi connectivity index (χ4v) is 2.16. The summed E-state index contributed by atoms with van der Waals surface area (Å²) in [5.41, 5.74) is 23.2. The molecule has 0 unspecified atom stereocenters. The summed E-state index contributed by atoms with van der Waals surface area (Å²) in [5, 5.41) is 10.2. The van der Waals surface area contributed by atoms with Gasteiger partial charge in [0.2, 0.25) is 11.9 Å². The third kappa shape index (κ3) is 7.28. The van der Waals surface area contributed by atoms with Crippen molar-refractivity contribution in [3.63, 3.8) is 0 Å². The molecule has 0 saturated heterocycles. The summed E-state index contributed by atoms with van der Waals surface area (Å²) in [6, 6.07) is 5.43. The van der Waals surface area contributed by atoms with Crippen LogP contribution in [0, 0.1) is 5.41 Å². The molecule has 2 rings (SSSR count). The monoisotopic (exact) mass is 402 g/mol. The molecule has 29 heavy (non-hydrogen) atoms. The van der Waals surface area contributed by atoms with Gasteiger partial charge < -0.3 is 37.1 Å². The number of nitrogens with zero attached hydrogens (tertiary/aromatic N) is 4. The van der Waals surface area contributed by atoms with E-state index >= 15 is 0 Å². The van der Waals surface area contributed by atoms with Crippen molar-refractivity contribution in [2.24, 2.45) is 37.9 Å². The van der Waals surface area contributed by atoms with Crippen LogP contribution in [0.4, 0.5) is 5.69 Å². The molecule has 0 bridgehead atoms. The van der Waals surface area contributed by atoms with Crippen molar-refractivity contribution in [1.29, 1.82) is 5.41 Å². The first-order valence-corrected chi connectivity index (χ1v) is 8.73. The molecule has 2 heterocycles. The Morgan fingerprint density at radius 2 is 1.83 bits per heavy atom. The summed E-state index contributed by atoms with van der Waals surface area (Å²) >= 11 is 0. The van der Waals surface area contributed by atoms with Crippen LogP contribution in [0.5, 0.6) is 0 Å². The van der Waals surface area contributed by atoms with Crippen LogP contribution in [-0.4, -0.2) is 48.9 Å². The lowest BCUT2D eigenvalue weighted by atomic mass is 10.3. The molecule has 0 fully saturated rings. The number of aliphatic imine (C=N–C) groups is 3. The molecule has 10 N–H and O–H groups in total. The number of furan rings is 2. The summed E-state index contributed by atoms with van der Waals surface area (Å²) in [6.07, 6.45) is 4.22. The molecule has 0 aromatic carbocycles. The average molecular weight is 402 g/mol. The van der Waals surface area contributed by atoms with Gasteiger partial charge in [0.15, 0.2) is 11.9 Å². The Hall–Kier alpha value is -3.96. The van der Waals surface area contributed by atoms with E-state index in [0.29, 0.717) is 37.4 Å². The summed E-state index contributed by atoms with van der Waals surface area (Å²) in [6.45, 7) is 0.809. The number of rotatable bonds is 7. The topological polar surface area (TPSA) is 207 Å². The number of anilines is 1. The summed E-state index contributed by atoms with van der Waals surface area (Å²) in [5.74, 6) is 1.60. The van der Waals surface area contributed by atoms with Crippen molar-refractivity contribution < 1.29 is 8.83 Å². The maximum absolute atomic E-state index is 7.29. The Bertz CT molecular complexity index is 882. The van der Waals surface area contributed by atoms with E-state index in [0.717, 1.165) is 5.76 Å². The number of hydrogen-bond acceptors (Lipinski definition) is 5. The molecule has 12 nitrogen and oxygen atoms in total. The third-order valence-corrected chi connectivity index (χ3v) is 3.71. The predicted molar refractivity (Wildman–Crippen MR) is 113 cm³/mol. The largest absolute Gasteiger partial charge is 0.469 e. The number of guanidine groups is 4. The van der Waals surface area contributed by atoms with E-state index in [9.17, 15) is 0 Å². The number of nitrogens with one attached hydrogen (secondary N) is 2. The zero-order valence-corrected chi connectivity index (χ0v) is 16.1. The van der Waals surface area contributed by atoms with Crippen molar-refractivity contribution in [1.82, 2.24) is 4.90 Å². The Morgan fingerprint density at radius 3 is 2.52 bits per heavy atom. The van der Waals surface area contributed by atoms with Gasteiger partial charge in [0.25, 0.3) is 0 Å². The first-order chi connectivity index (χ1) is 13.8. The van der Waals surface area contributed by atoms with Gasteiger partial charge in [-0.1, -0.05) is 0 Å². The molecular formula is C17H26N10O2. The fourth-order valence-electron chi connectivity index (χ4n) is 2.16. The van der Waals surface area contributed by atoms with Crippen molar-refractivity contribution in [2.45, 2.75) is 12.8 Å². The molecule has 0 aliphatic heterocycles. The smallest absolute Gasteiger partial charge is 0.218 e. The molecule has 0 amide bonds. The second-order valence-corrected chi connectivity index (χ2v) is 5.93. The predicted octanol–water partition coefficient (Wildman–Crippen LogP) is -0.161. The molecule has 0 saturated carbocycles. The van der Waals surface area contributed by atoms with E-state index in [1.54, 1.807) is 19.4 Å². The van der Waals surface area contributed by atoms with Crippen LogP contribution in [0.15, 0.2) is 54.5 Å². The lowest BCUT2D eigenvalue weighted by Crippen LogP contribution is -2.42. The highest BCUT2D eigenvalue weighted by molar-refractivity contribution is 6.00. The van der Waals surface area contributed by atoms with E-state index in [4.69, 9.17) is 37.2 Å². The van der Waals surface area contributed by atoms with Gasteiger partial charge in [0.1, 0.15) is 17.8 Å². The SMILES string of the molecule is CN(C(=N)N)C(N)=NCCc1cc(NC(N)=NC(N)=NCCc2ccco2)co1. The molecule has 156 valence electrons. The van der Waals surface area contributed by atoms with Crippen molar-refractivity contribution in [3.8, 4) is 0 Å². The van der Waals surface area contributed by atoms with Gasteiger partial charge in [-0.05, 0) is 12.1 Å². The van der Waals surface area contributed by atoms with Crippen LogP contribution in [0.3, 0.4) is 0 Å². The van der Waals surface area contributed by atoms with E-state index in [1.807, 2.05) is 12.1 Å². The second-order valence-electron chi connectivity index (χ2n) is 5.93. The molecule has 0 radical (unpaired) electrons. The minimum atomic E-state index is -0.186. The van der Waals surface area contributed by atoms with Gasteiger partial charge >= 0.3 is 0 Å². The van der Waals surface area contributed by atoms with Crippen molar-refractivity contribution in [2.75, 3.05) is 25.5 Å². The summed E-state index contributed by atoms with van der Waals surface area (Å²) < 4.78 is 10.6. The molecule has 0 atom stereocenters. The Balaban J connectivity index is 1.81. The van der Waals surface area contributed by atoms with Gasteiger partial charge in [-0.2, -0.15) is 4.99 Å². The van der Waals surface area contributed by atoms with E-state index < -0.39 is 0 Å². The molecule has 0 aliphatic carbocycles. The Morgan fingerprint density at radius 1 is 1.10 bits per heavy atom. The van der Waals surface area contributed by atoms with Crippen LogP contribution < -0.4 is 28.3 Å². The number of hydrogen-bond donors (Lipinski definition) is 6. The van der Waals surface area contributed by atoms with Crippen LogP contribution in [0.2, 0.25) is 0 Å². The standard InChI is InChI=1S/C17H26N10O2/c1-27(14(18)19)17(22)24-7-5-13-9-11(10-29-13)25-16(21)26-15(20)23-6-4-12-3-2-8-28-12/h2-3,8-10H,4-7H2,1H3,(H3,18,19)(H2,22,24)(H5,20,21,23,25,26). The van der Waals surface area contributed by atoms with E-state index in [2.05, 4.69) is 20.3 Å².